The molecule has 1 amide bonds. The van der Waals surface area contributed by atoms with E-state index < -0.39 is 0 Å². The minimum absolute atomic E-state index is 0.0926. The topological polar surface area (TPSA) is 59.6 Å². The van der Waals surface area contributed by atoms with Gasteiger partial charge in [-0.1, -0.05) is 39.1 Å². The molecule has 0 saturated heterocycles. The van der Waals surface area contributed by atoms with Crippen molar-refractivity contribution in [3.63, 3.8) is 0 Å². The fraction of sp³-hybridized carbons (Fsp3) is 0.381. The van der Waals surface area contributed by atoms with E-state index in [1.165, 1.54) is 0 Å². The standard InChI is InChI=1S/C21H25BrCl2N2O3/c1-5-28-18-8-13(11-25-14-6-7-16(23)17(24)9-14)15(22)10-19(18)29-12-20(27)26-21(2,3)4/h6-10,25H,5,11-12H2,1-4H3,(H,26,27). The van der Waals surface area contributed by atoms with E-state index in [0.717, 1.165) is 15.7 Å². The van der Waals surface area contributed by atoms with E-state index in [1.807, 2.05) is 39.8 Å². The second-order valence-electron chi connectivity index (χ2n) is 7.39. The second kappa shape index (κ2) is 10.4. The molecule has 0 saturated carbocycles. The Morgan fingerprint density at radius 2 is 1.76 bits per heavy atom. The van der Waals surface area contributed by atoms with Crippen LogP contribution in [0.3, 0.4) is 0 Å². The van der Waals surface area contributed by atoms with Gasteiger partial charge in [0.15, 0.2) is 18.1 Å². The molecule has 158 valence electrons. The highest BCUT2D eigenvalue weighted by Gasteiger charge is 2.16. The fourth-order valence-corrected chi connectivity index (χ4v) is 3.26. The number of amides is 1. The van der Waals surface area contributed by atoms with Crippen LogP contribution in [-0.4, -0.2) is 24.7 Å². The smallest absolute Gasteiger partial charge is 0.258 e. The van der Waals surface area contributed by atoms with E-state index in [4.69, 9.17) is 32.7 Å². The molecule has 2 N–H and O–H groups in total. The number of halogens is 3. The Balaban J connectivity index is 2.11. The number of carbonyl (C=O) groups excluding carboxylic acids is 1. The summed E-state index contributed by atoms with van der Waals surface area (Å²) in [7, 11) is 0. The van der Waals surface area contributed by atoms with Gasteiger partial charge >= 0.3 is 0 Å². The SMILES string of the molecule is CCOc1cc(CNc2ccc(Cl)c(Cl)c2)c(Br)cc1OCC(=O)NC(C)(C)C. The highest BCUT2D eigenvalue weighted by Crippen LogP contribution is 2.34. The number of hydrogen-bond donors (Lipinski definition) is 2. The quantitative estimate of drug-likeness (QED) is 0.459. The van der Waals surface area contributed by atoms with E-state index in [1.54, 1.807) is 18.2 Å². The first-order chi connectivity index (χ1) is 13.6. The summed E-state index contributed by atoms with van der Waals surface area (Å²) in [4.78, 5) is 12.0. The van der Waals surface area contributed by atoms with Crippen LogP contribution in [0.15, 0.2) is 34.8 Å². The van der Waals surface area contributed by atoms with Crippen LogP contribution in [0.1, 0.15) is 33.3 Å². The van der Waals surface area contributed by atoms with Crippen molar-refractivity contribution in [2.45, 2.75) is 39.8 Å². The molecule has 2 aromatic carbocycles. The Kier molecular flexibility index (Phi) is 8.49. The van der Waals surface area contributed by atoms with E-state index in [2.05, 4.69) is 26.6 Å². The highest BCUT2D eigenvalue weighted by atomic mass is 79.9. The minimum Gasteiger partial charge on any atom is -0.490 e. The molecule has 0 aliphatic rings. The van der Waals surface area contributed by atoms with Gasteiger partial charge in [-0.2, -0.15) is 0 Å². The predicted molar refractivity (Wildman–Crippen MR) is 122 cm³/mol. The van der Waals surface area contributed by atoms with E-state index >= 15 is 0 Å². The van der Waals surface area contributed by atoms with Crippen molar-refractivity contribution in [2.24, 2.45) is 0 Å². The minimum atomic E-state index is -0.316. The third-order valence-corrected chi connectivity index (χ3v) is 5.17. The summed E-state index contributed by atoms with van der Waals surface area (Å²) in [6.45, 7) is 8.57. The Morgan fingerprint density at radius 1 is 1.07 bits per heavy atom. The molecule has 8 heteroatoms. The lowest BCUT2D eigenvalue weighted by atomic mass is 10.1. The van der Waals surface area contributed by atoms with Crippen molar-refractivity contribution in [1.82, 2.24) is 5.32 Å². The average Bonchev–Trinajstić information content (AvgIpc) is 2.62. The normalized spacial score (nSPS) is 11.1. The fourth-order valence-electron chi connectivity index (χ4n) is 2.49. The number of nitrogens with one attached hydrogen (secondary N) is 2. The summed E-state index contributed by atoms with van der Waals surface area (Å²) in [5.41, 5.74) is 1.50. The molecule has 2 rings (SSSR count). The van der Waals surface area contributed by atoms with E-state index in [-0.39, 0.29) is 18.1 Å². The molecular formula is C21H25BrCl2N2O3. The van der Waals surface area contributed by atoms with Gasteiger partial charge in [-0.05, 0) is 63.6 Å². The number of ether oxygens (including phenoxy) is 2. The number of hydrogen-bond acceptors (Lipinski definition) is 4. The first-order valence-electron chi connectivity index (χ1n) is 9.17. The van der Waals surface area contributed by atoms with Crippen molar-refractivity contribution < 1.29 is 14.3 Å². The molecular weight excluding hydrogens is 479 g/mol. The van der Waals surface area contributed by atoms with Crippen molar-refractivity contribution in [3.8, 4) is 11.5 Å². The van der Waals surface area contributed by atoms with Gasteiger partial charge in [-0.15, -0.1) is 0 Å². The lowest BCUT2D eigenvalue weighted by Crippen LogP contribution is -2.43. The summed E-state index contributed by atoms with van der Waals surface area (Å²) in [6, 6.07) is 9.06. The van der Waals surface area contributed by atoms with Crippen LogP contribution in [-0.2, 0) is 11.3 Å². The molecule has 0 spiro atoms. The van der Waals surface area contributed by atoms with Gasteiger partial charge in [0.1, 0.15) is 0 Å². The Morgan fingerprint density at radius 3 is 2.38 bits per heavy atom. The molecule has 0 atom stereocenters. The van der Waals surface area contributed by atoms with Gasteiger partial charge in [-0.3, -0.25) is 4.79 Å². The number of carbonyl (C=O) groups is 1. The zero-order chi connectivity index (χ0) is 21.6. The van der Waals surface area contributed by atoms with Gasteiger partial charge in [-0.25, -0.2) is 0 Å². The van der Waals surface area contributed by atoms with Crippen LogP contribution < -0.4 is 20.1 Å². The average molecular weight is 504 g/mol. The number of anilines is 1. The zero-order valence-electron chi connectivity index (χ0n) is 16.9. The van der Waals surface area contributed by atoms with Crippen molar-refractivity contribution >= 4 is 50.7 Å². The van der Waals surface area contributed by atoms with Crippen LogP contribution in [0.4, 0.5) is 5.69 Å². The maximum Gasteiger partial charge on any atom is 0.258 e. The van der Waals surface area contributed by atoms with Crippen molar-refractivity contribution in [1.29, 1.82) is 0 Å². The first kappa shape index (κ1) is 23.6. The summed E-state index contributed by atoms with van der Waals surface area (Å²) >= 11 is 15.6. The van der Waals surface area contributed by atoms with E-state index in [9.17, 15) is 4.79 Å². The molecule has 0 bridgehead atoms. The van der Waals surface area contributed by atoms with Gasteiger partial charge in [0.05, 0.1) is 16.7 Å². The summed E-state index contributed by atoms with van der Waals surface area (Å²) in [5, 5.41) is 7.17. The van der Waals surface area contributed by atoms with Gasteiger partial charge in [0.2, 0.25) is 0 Å². The largest absolute Gasteiger partial charge is 0.490 e. The molecule has 0 heterocycles. The van der Waals surface area contributed by atoms with Gasteiger partial charge in [0.25, 0.3) is 5.91 Å². The monoisotopic (exact) mass is 502 g/mol. The molecule has 2 aromatic rings. The summed E-state index contributed by atoms with van der Waals surface area (Å²) in [6.07, 6.45) is 0. The lowest BCUT2D eigenvalue weighted by molar-refractivity contribution is -0.124. The molecule has 0 unspecified atom stereocenters. The third kappa shape index (κ3) is 7.61. The zero-order valence-corrected chi connectivity index (χ0v) is 20.0. The lowest BCUT2D eigenvalue weighted by Gasteiger charge is -2.21. The maximum atomic E-state index is 12.0. The van der Waals surface area contributed by atoms with Crippen LogP contribution in [0.5, 0.6) is 11.5 Å². The molecule has 29 heavy (non-hydrogen) atoms. The second-order valence-corrected chi connectivity index (χ2v) is 9.06. The van der Waals surface area contributed by atoms with Crippen molar-refractivity contribution in [2.75, 3.05) is 18.5 Å². The van der Waals surface area contributed by atoms with Crippen LogP contribution in [0, 0.1) is 0 Å². The molecule has 0 fully saturated rings. The highest BCUT2D eigenvalue weighted by molar-refractivity contribution is 9.10. The predicted octanol–water partition coefficient (Wildman–Crippen LogP) is 6.06. The first-order valence-corrected chi connectivity index (χ1v) is 10.7. The maximum absolute atomic E-state index is 12.0. The molecule has 0 radical (unpaired) electrons. The van der Waals surface area contributed by atoms with Crippen LogP contribution in [0.25, 0.3) is 0 Å². The Hall–Kier alpha value is -1.63. The molecule has 0 aliphatic heterocycles. The number of benzene rings is 2. The van der Waals surface area contributed by atoms with E-state index in [0.29, 0.717) is 34.7 Å². The Bertz CT molecular complexity index is 870. The Labute approximate surface area is 190 Å². The number of rotatable bonds is 8. The summed E-state index contributed by atoms with van der Waals surface area (Å²) in [5.74, 6) is 0.882. The van der Waals surface area contributed by atoms with Crippen LogP contribution in [0.2, 0.25) is 10.0 Å². The van der Waals surface area contributed by atoms with Crippen molar-refractivity contribution in [3.05, 3.63) is 50.4 Å². The van der Waals surface area contributed by atoms with Crippen LogP contribution >= 0.6 is 39.1 Å². The molecule has 0 aromatic heterocycles. The summed E-state index contributed by atoms with van der Waals surface area (Å²) < 4.78 is 12.2. The molecule has 5 nitrogen and oxygen atoms in total. The third-order valence-electron chi connectivity index (χ3n) is 3.69. The molecule has 0 aliphatic carbocycles. The van der Waals surface area contributed by atoms with Gasteiger partial charge in [0, 0.05) is 22.2 Å². The van der Waals surface area contributed by atoms with Gasteiger partial charge < -0.3 is 20.1 Å².